The molecule has 0 unspecified atom stereocenters. The number of imidazole rings is 1. The first-order chi connectivity index (χ1) is 7.58. The van der Waals surface area contributed by atoms with E-state index >= 15 is 0 Å². The first-order valence-corrected chi connectivity index (χ1v) is 5.45. The van der Waals surface area contributed by atoms with Gasteiger partial charge < -0.3 is 9.97 Å². The normalized spacial score (nSPS) is 10.4. The van der Waals surface area contributed by atoms with Crippen LogP contribution >= 0.6 is 23.8 Å². The first kappa shape index (κ1) is 11.1. The molecule has 0 amide bonds. The van der Waals surface area contributed by atoms with Crippen molar-refractivity contribution in [1.82, 2.24) is 9.97 Å². The van der Waals surface area contributed by atoms with Crippen molar-refractivity contribution in [2.75, 3.05) is 0 Å². The van der Waals surface area contributed by atoms with Crippen LogP contribution in [-0.4, -0.2) is 15.8 Å². The monoisotopic (exact) mass is 252 g/mol. The summed E-state index contributed by atoms with van der Waals surface area (Å²) in [5, 5.41) is 0.607. The SMILES string of the molecule is Cc1[nH]c(=S)[nH]c1C(=O)c1ccc(Cl)cc1. The van der Waals surface area contributed by atoms with Crippen LogP contribution < -0.4 is 0 Å². The molecule has 0 saturated heterocycles. The molecule has 1 heterocycles. The van der Waals surface area contributed by atoms with Crippen LogP contribution in [0.1, 0.15) is 21.7 Å². The fourth-order valence-corrected chi connectivity index (χ4v) is 1.83. The van der Waals surface area contributed by atoms with Crippen LogP contribution in [0.5, 0.6) is 0 Å². The van der Waals surface area contributed by atoms with E-state index in [0.29, 0.717) is 21.1 Å². The second kappa shape index (κ2) is 4.23. The van der Waals surface area contributed by atoms with Gasteiger partial charge in [0.05, 0.1) is 0 Å². The van der Waals surface area contributed by atoms with Crippen molar-refractivity contribution < 1.29 is 4.79 Å². The van der Waals surface area contributed by atoms with Crippen LogP contribution in [0.3, 0.4) is 0 Å². The number of carbonyl (C=O) groups excluding carboxylic acids is 1. The van der Waals surface area contributed by atoms with E-state index < -0.39 is 0 Å². The molecule has 0 radical (unpaired) electrons. The number of H-pyrrole nitrogens is 2. The summed E-state index contributed by atoms with van der Waals surface area (Å²) in [6.07, 6.45) is 0. The maximum Gasteiger partial charge on any atom is 0.211 e. The van der Waals surface area contributed by atoms with Gasteiger partial charge in [-0.1, -0.05) is 11.6 Å². The molecule has 0 aliphatic carbocycles. The molecule has 1 aromatic heterocycles. The van der Waals surface area contributed by atoms with E-state index in [2.05, 4.69) is 9.97 Å². The van der Waals surface area contributed by atoms with Gasteiger partial charge in [-0.05, 0) is 43.4 Å². The number of aromatic amines is 2. The lowest BCUT2D eigenvalue weighted by molar-refractivity contribution is 0.103. The van der Waals surface area contributed by atoms with Gasteiger partial charge in [-0.25, -0.2) is 0 Å². The Morgan fingerprint density at radius 2 is 1.88 bits per heavy atom. The summed E-state index contributed by atoms with van der Waals surface area (Å²) < 4.78 is 0.454. The second-order valence-corrected chi connectivity index (χ2v) is 4.26. The molecule has 82 valence electrons. The van der Waals surface area contributed by atoms with Gasteiger partial charge in [0.15, 0.2) is 4.77 Å². The average Bonchev–Trinajstić information content (AvgIpc) is 2.58. The van der Waals surface area contributed by atoms with Crippen LogP contribution in [0.15, 0.2) is 24.3 Å². The van der Waals surface area contributed by atoms with Gasteiger partial charge in [-0.3, -0.25) is 4.79 Å². The average molecular weight is 253 g/mol. The molecular weight excluding hydrogens is 244 g/mol. The number of aromatic nitrogens is 2. The molecule has 0 spiro atoms. The topological polar surface area (TPSA) is 48.6 Å². The number of carbonyl (C=O) groups is 1. The summed E-state index contributed by atoms with van der Waals surface area (Å²) in [5.74, 6) is -0.0958. The lowest BCUT2D eigenvalue weighted by Gasteiger charge is -1.99. The zero-order valence-corrected chi connectivity index (χ0v) is 10.1. The maximum absolute atomic E-state index is 12.1. The van der Waals surface area contributed by atoms with Crippen molar-refractivity contribution in [1.29, 1.82) is 0 Å². The second-order valence-electron chi connectivity index (χ2n) is 3.42. The number of hydrogen-bond acceptors (Lipinski definition) is 2. The van der Waals surface area contributed by atoms with Crippen molar-refractivity contribution in [2.24, 2.45) is 0 Å². The predicted molar refractivity (Wildman–Crippen MR) is 65.6 cm³/mol. The van der Waals surface area contributed by atoms with Crippen molar-refractivity contribution >= 4 is 29.6 Å². The number of rotatable bonds is 2. The fourth-order valence-electron chi connectivity index (χ4n) is 1.44. The molecule has 3 nitrogen and oxygen atoms in total. The van der Waals surface area contributed by atoms with Gasteiger partial charge in [0.1, 0.15) is 5.69 Å². The summed E-state index contributed by atoms with van der Waals surface area (Å²) >= 11 is 10.7. The maximum atomic E-state index is 12.1. The summed E-state index contributed by atoms with van der Waals surface area (Å²) in [6.45, 7) is 1.80. The zero-order valence-electron chi connectivity index (χ0n) is 8.50. The molecule has 0 fully saturated rings. The summed E-state index contributed by atoms with van der Waals surface area (Å²) in [5.41, 5.74) is 1.81. The molecule has 2 aromatic rings. The lowest BCUT2D eigenvalue weighted by Crippen LogP contribution is -2.03. The van der Waals surface area contributed by atoms with E-state index in [1.165, 1.54) is 0 Å². The number of ketones is 1. The third-order valence-corrected chi connectivity index (χ3v) is 2.70. The largest absolute Gasteiger partial charge is 0.334 e. The Balaban J connectivity index is 2.43. The molecule has 2 rings (SSSR count). The number of hydrogen-bond donors (Lipinski definition) is 2. The van der Waals surface area contributed by atoms with E-state index in [4.69, 9.17) is 23.8 Å². The highest BCUT2D eigenvalue weighted by Gasteiger charge is 2.13. The van der Waals surface area contributed by atoms with Gasteiger partial charge in [-0.15, -0.1) is 0 Å². The molecule has 5 heteroatoms. The Morgan fingerprint density at radius 1 is 1.25 bits per heavy atom. The quantitative estimate of drug-likeness (QED) is 0.637. The predicted octanol–water partition coefficient (Wildman–Crippen LogP) is 3.27. The minimum Gasteiger partial charge on any atom is -0.334 e. The van der Waals surface area contributed by atoms with Crippen LogP contribution in [0.2, 0.25) is 5.02 Å². The van der Waals surface area contributed by atoms with E-state index in [-0.39, 0.29) is 5.78 Å². The Kier molecular flexibility index (Phi) is 2.94. The van der Waals surface area contributed by atoms with E-state index in [0.717, 1.165) is 5.69 Å². The van der Waals surface area contributed by atoms with Crippen molar-refractivity contribution in [3.05, 3.63) is 51.0 Å². The van der Waals surface area contributed by atoms with Crippen LogP contribution in [0.25, 0.3) is 0 Å². The molecule has 0 atom stereocenters. The molecule has 0 aliphatic heterocycles. The van der Waals surface area contributed by atoms with Crippen molar-refractivity contribution in [3.63, 3.8) is 0 Å². The van der Waals surface area contributed by atoms with Crippen molar-refractivity contribution in [2.45, 2.75) is 6.92 Å². The van der Waals surface area contributed by atoms with E-state index in [1.807, 2.05) is 0 Å². The minimum absolute atomic E-state index is 0.0958. The molecule has 16 heavy (non-hydrogen) atoms. The number of aryl methyl sites for hydroxylation is 1. The third-order valence-electron chi connectivity index (χ3n) is 2.25. The Bertz CT molecular complexity index is 583. The third kappa shape index (κ3) is 2.08. The summed E-state index contributed by atoms with van der Waals surface area (Å²) in [4.78, 5) is 17.8. The van der Waals surface area contributed by atoms with Gasteiger partial charge in [-0.2, -0.15) is 0 Å². The van der Waals surface area contributed by atoms with Gasteiger partial charge >= 0.3 is 0 Å². The van der Waals surface area contributed by atoms with Crippen LogP contribution in [-0.2, 0) is 0 Å². The fraction of sp³-hybridized carbons (Fsp3) is 0.0909. The smallest absolute Gasteiger partial charge is 0.211 e. The standard InChI is InChI=1S/C11H9ClN2OS/c1-6-9(14-11(16)13-6)10(15)7-2-4-8(12)5-3-7/h2-5H,1H3,(H2,13,14,16). The van der Waals surface area contributed by atoms with Crippen molar-refractivity contribution in [3.8, 4) is 0 Å². The Morgan fingerprint density at radius 3 is 2.38 bits per heavy atom. The lowest BCUT2D eigenvalue weighted by atomic mass is 10.1. The molecule has 2 N–H and O–H groups in total. The van der Waals surface area contributed by atoms with Crippen LogP contribution in [0.4, 0.5) is 0 Å². The number of nitrogens with one attached hydrogen (secondary N) is 2. The molecule has 1 aromatic carbocycles. The highest BCUT2D eigenvalue weighted by Crippen LogP contribution is 2.14. The molecular formula is C11H9ClN2OS. The molecule has 0 saturated carbocycles. The molecule has 0 aliphatic rings. The minimum atomic E-state index is -0.0958. The number of benzene rings is 1. The van der Waals surface area contributed by atoms with Gasteiger partial charge in [0.25, 0.3) is 0 Å². The Labute approximate surface area is 102 Å². The van der Waals surface area contributed by atoms with Crippen LogP contribution in [0, 0.1) is 11.7 Å². The summed E-state index contributed by atoms with van der Waals surface area (Å²) in [7, 11) is 0. The van der Waals surface area contributed by atoms with Gasteiger partial charge in [0.2, 0.25) is 5.78 Å². The Hall–Kier alpha value is -1.39. The van der Waals surface area contributed by atoms with E-state index in [1.54, 1.807) is 31.2 Å². The summed E-state index contributed by atoms with van der Waals surface area (Å²) in [6, 6.07) is 6.75. The van der Waals surface area contributed by atoms with Gasteiger partial charge in [0, 0.05) is 16.3 Å². The zero-order chi connectivity index (χ0) is 11.7. The number of halogens is 1. The molecule has 0 bridgehead atoms. The first-order valence-electron chi connectivity index (χ1n) is 4.67. The highest BCUT2D eigenvalue weighted by molar-refractivity contribution is 7.71. The van der Waals surface area contributed by atoms with E-state index in [9.17, 15) is 4.79 Å². The highest BCUT2D eigenvalue weighted by atomic mass is 35.5.